The van der Waals surface area contributed by atoms with Gasteiger partial charge in [-0.2, -0.15) is 5.26 Å². The number of rotatable bonds is 9. The predicted octanol–water partition coefficient (Wildman–Crippen LogP) is 4.58. The maximum Gasteiger partial charge on any atom is 0.337 e. The van der Waals surface area contributed by atoms with Gasteiger partial charge in [0.2, 0.25) is 5.88 Å². The molecule has 7 rings (SSSR count). The molecule has 2 aliphatic heterocycles. The zero-order chi connectivity index (χ0) is 29.7. The van der Waals surface area contributed by atoms with E-state index in [0.717, 1.165) is 49.0 Å². The van der Waals surface area contributed by atoms with Crippen LogP contribution >= 0.6 is 0 Å². The number of methoxy groups -OCH3 is 1. The fourth-order valence-corrected chi connectivity index (χ4v) is 6.36. The monoisotopic (exact) mass is 585 g/mol. The molecule has 3 fully saturated rings. The van der Waals surface area contributed by atoms with Crippen LogP contribution in [0.2, 0.25) is 0 Å². The van der Waals surface area contributed by atoms with E-state index in [9.17, 15) is 13.6 Å². The lowest BCUT2D eigenvalue weighted by molar-refractivity contribution is -0.0591. The summed E-state index contributed by atoms with van der Waals surface area (Å²) in [5.41, 5.74) is 3.08. The van der Waals surface area contributed by atoms with Crippen LogP contribution in [0.5, 0.6) is 5.88 Å². The Kier molecular flexibility index (Phi) is 7.03. The summed E-state index contributed by atoms with van der Waals surface area (Å²) in [5.74, 6) is 0.386. The third kappa shape index (κ3) is 5.21. The summed E-state index contributed by atoms with van der Waals surface area (Å²) in [6.07, 6.45) is 1.10. The quantitative estimate of drug-likeness (QED) is 0.263. The molecule has 1 saturated carbocycles. The summed E-state index contributed by atoms with van der Waals surface area (Å²) in [6, 6.07) is 14.3. The molecule has 0 amide bonds. The van der Waals surface area contributed by atoms with Crippen molar-refractivity contribution in [3.05, 3.63) is 88.4 Å². The molecule has 11 heteroatoms. The summed E-state index contributed by atoms with van der Waals surface area (Å²) >= 11 is 0. The van der Waals surface area contributed by atoms with Gasteiger partial charge in [-0.25, -0.2) is 23.5 Å². The Morgan fingerprint density at radius 3 is 2.60 bits per heavy atom. The van der Waals surface area contributed by atoms with E-state index in [4.69, 9.17) is 24.5 Å². The Labute approximate surface area is 246 Å². The lowest BCUT2D eigenvalue weighted by Gasteiger charge is -2.28. The van der Waals surface area contributed by atoms with Gasteiger partial charge in [-0.1, -0.05) is 6.07 Å². The highest BCUT2D eigenvalue weighted by Crippen LogP contribution is 2.58. The second-order valence-electron chi connectivity index (χ2n) is 11.4. The molecule has 0 spiro atoms. The molecule has 2 unspecified atom stereocenters. The number of esters is 1. The largest absolute Gasteiger partial charge is 0.473 e. The van der Waals surface area contributed by atoms with E-state index in [-0.39, 0.29) is 47.7 Å². The van der Waals surface area contributed by atoms with Crippen LogP contribution in [0, 0.1) is 34.8 Å². The number of aromatic nitrogens is 3. The molecule has 2 aromatic carbocycles. The highest BCUT2D eigenvalue weighted by Gasteiger charge is 2.57. The average molecular weight is 586 g/mol. The number of benzene rings is 2. The number of piperidine rings is 1. The molecule has 0 bridgehead atoms. The van der Waals surface area contributed by atoms with Gasteiger partial charge >= 0.3 is 5.97 Å². The van der Waals surface area contributed by atoms with Crippen LogP contribution in [-0.2, 0) is 29.2 Å². The number of hydrogen-bond acceptors (Lipinski definition) is 8. The van der Waals surface area contributed by atoms with Gasteiger partial charge in [0.1, 0.15) is 24.1 Å². The molecule has 4 aromatic rings. The highest BCUT2D eigenvalue weighted by molar-refractivity contribution is 5.93. The summed E-state index contributed by atoms with van der Waals surface area (Å²) < 4.78 is 47.6. The summed E-state index contributed by atoms with van der Waals surface area (Å²) in [4.78, 5) is 23.9. The molecule has 9 nitrogen and oxygen atoms in total. The normalized spacial score (nSPS) is 22.6. The number of carbonyl (C=O) groups is 1. The first-order valence-electron chi connectivity index (χ1n) is 14.3. The van der Waals surface area contributed by atoms with Crippen molar-refractivity contribution in [1.82, 2.24) is 19.4 Å². The number of carbonyl (C=O) groups excluding carboxylic acids is 1. The second kappa shape index (κ2) is 11.0. The summed E-state index contributed by atoms with van der Waals surface area (Å²) in [7, 11) is 1.37. The fraction of sp³-hybridized carbons (Fsp3) is 0.375. The Morgan fingerprint density at radius 1 is 1.09 bits per heavy atom. The first-order chi connectivity index (χ1) is 20.9. The minimum absolute atomic E-state index is 0.00347. The van der Waals surface area contributed by atoms with Crippen molar-refractivity contribution in [3.63, 3.8) is 0 Å². The number of ether oxygens (including phenoxy) is 3. The number of imidazole rings is 1. The summed E-state index contributed by atoms with van der Waals surface area (Å²) in [6.45, 7) is 3.54. The van der Waals surface area contributed by atoms with Gasteiger partial charge in [-0.05, 0) is 54.7 Å². The van der Waals surface area contributed by atoms with Crippen molar-refractivity contribution in [1.29, 1.82) is 5.26 Å². The molecule has 2 aromatic heterocycles. The zero-order valence-electron chi connectivity index (χ0n) is 23.5. The molecule has 3 atom stereocenters. The SMILES string of the molecule is COC(=O)c1ccc2nc(CN3CC4C(C3)C4c3nc(OCc4ccc(C#N)cc4F)ccc3F)n(C[C@@H]3CCO3)c2c1. The van der Waals surface area contributed by atoms with Gasteiger partial charge < -0.3 is 18.8 Å². The second-order valence-corrected chi connectivity index (χ2v) is 11.4. The van der Waals surface area contributed by atoms with Gasteiger partial charge in [-0.3, -0.25) is 4.90 Å². The number of hydrogen-bond donors (Lipinski definition) is 0. The van der Waals surface area contributed by atoms with Crippen LogP contribution in [0.25, 0.3) is 11.0 Å². The minimum atomic E-state index is -0.532. The van der Waals surface area contributed by atoms with Crippen LogP contribution in [0.1, 0.15) is 45.3 Å². The molecule has 1 aliphatic carbocycles. The topological polar surface area (TPSA) is 103 Å². The number of nitrogens with zero attached hydrogens (tertiary/aromatic N) is 5. The molecule has 4 heterocycles. The molecular formula is C32H29F2N5O4. The first-order valence-corrected chi connectivity index (χ1v) is 14.3. The third-order valence-electron chi connectivity index (χ3n) is 8.78. The highest BCUT2D eigenvalue weighted by atomic mass is 19.1. The summed E-state index contributed by atoms with van der Waals surface area (Å²) in [5, 5.41) is 8.93. The van der Waals surface area contributed by atoms with Crippen LogP contribution in [0.15, 0.2) is 48.5 Å². The molecule has 220 valence electrons. The maximum absolute atomic E-state index is 14.9. The van der Waals surface area contributed by atoms with E-state index in [1.165, 1.54) is 31.4 Å². The number of nitriles is 1. The van der Waals surface area contributed by atoms with Gasteiger partial charge in [0.15, 0.2) is 0 Å². The average Bonchev–Trinajstić information content (AvgIpc) is 3.30. The molecule has 3 aliphatic rings. The van der Waals surface area contributed by atoms with E-state index in [2.05, 4.69) is 14.5 Å². The van der Waals surface area contributed by atoms with Crippen molar-refractivity contribution in [2.24, 2.45) is 11.8 Å². The maximum atomic E-state index is 14.9. The van der Waals surface area contributed by atoms with Gasteiger partial charge in [0.05, 0.1) is 60.2 Å². The number of pyridine rings is 1. The smallest absolute Gasteiger partial charge is 0.337 e. The Morgan fingerprint density at radius 2 is 1.91 bits per heavy atom. The van der Waals surface area contributed by atoms with Crippen molar-refractivity contribution in [2.45, 2.75) is 38.1 Å². The molecule has 43 heavy (non-hydrogen) atoms. The third-order valence-corrected chi connectivity index (χ3v) is 8.78. The number of likely N-dealkylation sites (tertiary alicyclic amines) is 1. The van der Waals surface area contributed by atoms with E-state index < -0.39 is 11.8 Å². The van der Waals surface area contributed by atoms with E-state index >= 15 is 0 Å². The van der Waals surface area contributed by atoms with Crippen LogP contribution in [0.3, 0.4) is 0 Å². The lowest BCUT2D eigenvalue weighted by atomic mass is 10.1. The van der Waals surface area contributed by atoms with Crippen molar-refractivity contribution >= 4 is 17.0 Å². The van der Waals surface area contributed by atoms with Crippen molar-refractivity contribution in [2.75, 3.05) is 26.8 Å². The fourth-order valence-electron chi connectivity index (χ4n) is 6.36. The Hall–Kier alpha value is -4.40. The number of halogens is 2. The van der Waals surface area contributed by atoms with Gasteiger partial charge in [-0.15, -0.1) is 0 Å². The molecule has 2 saturated heterocycles. The number of fused-ring (bicyclic) bond motifs is 2. The predicted molar refractivity (Wildman–Crippen MR) is 150 cm³/mol. The van der Waals surface area contributed by atoms with E-state index in [1.807, 2.05) is 18.2 Å². The van der Waals surface area contributed by atoms with Gasteiger partial charge in [0, 0.05) is 37.2 Å². The van der Waals surface area contributed by atoms with E-state index in [0.29, 0.717) is 29.9 Å². The van der Waals surface area contributed by atoms with Crippen molar-refractivity contribution in [3.8, 4) is 11.9 Å². The van der Waals surface area contributed by atoms with Crippen molar-refractivity contribution < 1.29 is 27.8 Å². The molecule has 0 radical (unpaired) electrons. The zero-order valence-corrected chi connectivity index (χ0v) is 23.5. The van der Waals surface area contributed by atoms with E-state index in [1.54, 1.807) is 6.07 Å². The molecular weight excluding hydrogens is 556 g/mol. The van der Waals surface area contributed by atoms with Crippen LogP contribution in [-0.4, -0.2) is 58.3 Å². The van der Waals surface area contributed by atoms with Crippen LogP contribution in [0.4, 0.5) is 8.78 Å². The Balaban J connectivity index is 1.03. The van der Waals surface area contributed by atoms with Gasteiger partial charge in [0.25, 0.3) is 0 Å². The minimum Gasteiger partial charge on any atom is -0.473 e. The Bertz CT molecular complexity index is 1750. The van der Waals surface area contributed by atoms with Crippen LogP contribution < -0.4 is 4.74 Å². The standard InChI is InChI=1S/C32H29F2N5O4/c1-41-32(40)19-4-6-26-27(11-19)39(13-21-8-9-42-21)28(36-26)16-38-14-22-23(15-38)30(22)31-24(33)5-7-29(37-31)43-17-20-3-2-18(12-35)10-25(20)34/h2-7,10-11,21-23,30H,8-9,13-17H2,1H3/t21-,22?,23?,30?/m0/s1. The molecule has 0 N–H and O–H groups in total. The lowest BCUT2D eigenvalue weighted by Crippen LogP contribution is -2.33. The first kappa shape index (κ1) is 27.4.